The van der Waals surface area contributed by atoms with Gasteiger partial charge in [0.2, 0.25) is 0 Å². The maximum atomic E-state index is 12.5. The van der Waals surface area contributed by atoms with Crippen LogP contribution in [-0.4, -0.2) is 17.5 Å². The number of para-hydroxylation sites is 1. The van der Waals surface area contributed by atoms with E-state index >= 15 is 0 Å². The molecule has 0 atom stereocenters. The highest BCUT2D eigenvalue weighted by atomic mass is 35.5. The molecule has 0 fully saturated rings. The number of carbonyl (C=O) groups is 1. The Morgan fingerprint density at radius 1 is 1.07 bits per heavy atom. The van der Waals surface area contributed by atoms with Crippen LogP contribution < -0.4 is 10.1 Å². The van der Waals surface area contributed by atoms with Gasteiger partial charge < -0.3 is 10.1 Å². The van der Waals surface area contributed by atoms with Gasteiger partial charge in [-0.3, -0.25) is 4.79 Å². The zero-order chi connectivity index (χ0) is 20.4. The highest BCUT2D eigenvalue weighted by Gasteiger charge is 2.14. The van der Waals surface area contributed by atoms with Crippen molar-refractivity contribution in [3.05, 3.63) is 76.8 Å². The Balaban J connectivity index is 1.53. The number of nitrogens with one attached hydrogen (secondary N) is 1. The fourth-order valence-electron chi connectivity index (χ4n) is 2.93. The summed E-state index contributed by atoms with van der Waals surface area (Å²) >= 11 is 7.77. The number of anilines is 1. The van der Waals surface area contributed by atoms with Gasteiger partial charge in [0, 0.05) is 10.6 Å². The van der Waals surface area contributed by atoms with E-state index in [4.69, 9.17) is 16.3 Å². The van der Waals surface area contributed by atoms with Gasteiger partial charge in [-0.15, -0.1) is 11.3 Å². The lowest BCUT2D eigenvalue weighted by Crippen LogP contribution is -2.20. The SMILES string of the molecule is Cc1ccc(OCC(=O)Nc2ccc(Cl)cc2-c2nc3ccccc3s2)cc1C. The number of nitrogens with zero attached hydrogens (tertiary/aromatic N) is 1. The van der Waals surface area contributed by atoms with E-state index in [9.17, 15) is 4.79 Å². The molecule has 0 aliphatic heterocycles. The van der Waals surface area contributed by atoms with Gasteiger partial charge in [0.25, 0.3) is 5.91 Å². The monoisotopic (exact) mass is 422 g/mol. The van der Waals surface area contributed by atoms with Gasteiger partial charge in [0.15, 0.2) is 6.61 Å². The van der Waals surface area contributed by atoms with E-state index in [-0.39, 0.29) is 12.5 Å². The van der Waals surface area contributed by atoms with Crippen molar-refractivity contribution in [1.29, 1.82) is 0 Å². The Hall–Kier alpha value is -2.89. The summed E-state index contributed by atoms with van der Waals surface area (Å²) in [5.74, 6) is 0.429. The Bertz CT molecular complexity index is 1170. The third-order valence-electron chi connectivity index (χ3n) is 4.63. The zero-order valence-corrected chi connectivity index (χ0v) is 17.6. The number of amides is 1. The van der Waals surface area contributed by atoms with Gasteiger partial charge in [-0.2, -0.15) is 0 Å². The quantitative estimate of drug-likeness (QED) is 0.413. The van der Waals surface area contributed by atoms with Crippen molar-refractivity contribution < 1.29 is 9.53 Å². The molecule has 0 spiro atoms. The first-order valence-electron chi connectivity index (χ1n) is 9.15. The summed E-state index contributed by atoms with van der Waals surface area (Å²) in [7, 11) is 0. The van der Waals surface area contributed by atoms with Crippen LogP contribution in [-0.2, 0) is 4.79 Å². The van der Waals surface area contributed by atoms with E-state index in [0.717, 1.165) is 26.4 Å². The topological polar surface area (TPSA) is 51.2 Å². The van der Waals surface area contributed by atoms with Crippen LogP contribution in [0, 0.1) is 13.8 Å². The molecule has 1 heterocycles. The molecule has 4 nitrogen and oxygen atoms in total. The van der Waals surface area contributed by atoms with Crippen molar-refractivity contribution in [2.24, 2.45) is 0 Å². The second-order valence-electron chi connectivity index (χ2n) is 6.76. The van der Waals surface area contributed by atoms with Gasteiger partial charge in [-0.1, -0.05) is 29.8 Å². The van der Waals surface area contributed by atoms with Gasteiger partial charge in [0.05, 0.1) is 15.9 Å². The van der Waals surface area contributed by atoms with Crippen molar-refractivity contribution in [3.8, 4) is 16.3 Å². The Labute approximate surface area is 178 Å². The minimum atomic E-state index is -0.243. The van der Waals surface area contributed by atoms with Gasteiger partial charge in [-0.05, 0) is 67.4 Å². The van der Waals surface area contributed by atoms with E-state index < -0.39 is 0 Å². The summed E-state index contributed by atoms with van der Waals surface area (Å²) < 4.78 is 6.72. The second kappa shape index (κ2) is 8.23. The molecule has 1 N–H and O–H groups in total. The molecule has 0 unspecified atom stereocenters. The molecule has 0 aliphatic carbocycles. The van der Waals surface area contributed by atoms with Gasteiger partial charge in [-0.25, -0.2) is 4.98 Å². The van der Waals surface area contributed by atoms with Gasteiger partial charge >= 0.3 is 0 Å². The van der Waals surface area contributed by atoms with Crippen LogP contribution >= 0.6 is 22.9 Å². The average Bonchev–Trinajstić information content (AvgIpc) is 3.14. The number of halogens is 1. The fourth-order valence-corrected chi connectivity index (χ4v) is 4.10. The van der Waals surface area contributed by atoms with Crippen molar-refractivity contribution in [3.63, 3.8) is 0 Å². The highest BCUT2D eigenvalue weighted by molar-refractivity contribution is 7.21. The van der Waals surface area contributed by atoms with Crippen LogP contribution in [0.2, 0.25) is 5.02 Å². The first-order valence-corrected chi connectivity index (χ1v) is 10.3. The number of rotatable bonds is 5. The number of ether oxygens (including phenoxy) is 1. The van der Waals surface area contributed by atoms with E-state index in [0.29, 0.717) is 16.5 Å². The number of hydrogen-bond acceptors (Lipinski definition) is 4. The number of carbonyl (C=O) groups excluding carboxylic acids is 1. The molecule has 1 amide bonds. The molecule has 0 bridgehead atoms. The van der Waals surface area contributed by atoms with Crippen molar-refractivity contribution in [1.82, 2.24) is 4.98 Å². The Kier molecular flexibility index (Phi) is 5.51. The average molecular weight is 423 g/mol. The largest absolute Gasteiger partial charge is 0.484 e. The highest BCUT2D eigenvalue weighted by Crippen LogP contribution is 2.36. The molecule has 0 saturated heterocycles. The summed E-state index contributed by atoms with van der Waals surface area (Å²) in [5, 5.41) is 4.31. The lowest BCUT2D eigenvalue weighted by Gasteiger charge is -2.11. The number of benzene rings is 3. The molecule has 146 valence electrons. The molecular formula is C23H19ClN2O2S. The fraction of sp³-hybridized carbons (Fsp3) is 0.130. The molecule has 1 aromatic heterocycles. The van der Waals surface area contributed by atoms with Crippen LogP contribution in [0.5, 0.6) is 5.75 Å². The van der Waals surface area contributed by atoms with E-state index in [1.54, 1.807) is 23.5 Å². The summed E-state index contributed by atoms with van der Waals surface area (Å²) in [6.45, 7) is 3.97. The van der Waals surface area contributed by atoms with E-state index in [1.165, 1.54) is 5.56 Å². The normalized spacial score (nSPS) is 10.9. The van der Waals surface area contributed by atoms with Crippen LogP contribution in [0.1, 0.15) is 11.1 Å². The number of aromatic nitrogens is 1. The number of fused-ring (bicyclic) bond motifs is 1. The molecule has 0 radical (unpaired) electrons. The maximum absolute atomic E-state index is 12.5. The predicted molar refractivity (Wildman–Crippen MR) is 120 cm³/mol. The first kappa shape index (κ1) is 19.4. The minimum absolute atomic E-state index is 0.0790. The number of aryl methyl sites for hydroxylation is 2. The van der Waals surface area contributed by atoms with Crippen molar-refractivity contribution >= 4 is 44.7 Å². The Morgan fingerprint density at radius 2 is 1.90 bits per heavy atom. The molecule has 0 aliphatic rings. The first-order chi connectivity index (χ1) is 14.0. The van der Waals surface area contributed by atoms with Gasteiger partial charge in [0.1, 0.15) is 10.8 Å². The molecule has 4 rings (SSSR count). The zero-order valence-electron chi connectivity index (χ0n) is 16.0. The van der Waals surface area contributed by atoms with Crippen molar-refractivity contribution in [2.45, 2.75) is 13.8 Å². The number of thiazole rings is 1. The molecule has 4 aromatic rings. The predicted octanol–water partition coefficient (Wildman–Crippen LogP) is 6.25. The van der Waals surface area contributed by atoms with Crippen LogP contribution in [0.15, 0.2) is 60.7 Å². The Morgan fingerprint density at radius 3 is 2.69 bits per heavy atom. The maximum Gasteiger partial charge on any atom is 0.262 e. The van der Waals surface area contributed by atoms with E-state index in [2.05, 4.69) is 10.3 Å². The molecule has 6 heteroatoms. The smallest absolute Gasteiger partial charge is 0.262 e. The van der Waals surface area contributed by atoms with Crippen molar-refractivity contribution in [2.75, 3.05) is 11.9 Å². The summed E-state index contributed by atoms with van der Waals surface area (Å²) in [5.41, 5.74) is 4.67. The molecule has 29 heavy (non-hydrogen) atoms. The summed E-state index contributed by atoms with van der Waals surface area (Å²) in [6.07, 6.45) is 0. The second-order valence-corrected chi connectivity index (χ2v) is 8.23. The van der Waals surface area contributed by atoms with Crippen LogP contribution in [0.3, 0.4) is 0 Å². The molecular weight excluding hydrogens is 404 g/mol. The molecule has 3 aromatic carbocycles. The summed E-state index contributed by atoms with van der Waals surface area (Å²) in [4.78, 5) is 17.2. The molecule has 0 saturated carbocycles. The lowest BCUT2D eigenvalue weighted by atomic mass is 10.1. The third kappa shape index (κ3) is 4.42. The third-order valence-corrected chi connectivity index (χ3v) is 5.93. The van der Waals surface area contributed by atoms with Crippen LogP contribution in [0.4, 0.5) is 5.69 Å². The minimum Gasteiger partial charge on any atom is -0.484 e. The standard InChI is InChI=1S/C23H19ClN2O2S/c1-14-7-9-17(11-15(14)2)28-13-22(27)25-19-10-8-16(24)12-18(19)23-26-20-5-3-4-6-21(20)29-23/h3-12H,13H2,1-2H3,(H,25,27). The van der Waals surface area contributed by atoms with Crippen LogP contribution in [0.25, 0.3) is 20.8 Å². The lowest BCUT2D eigenvalue weighted by molar-refractivity contribution is -0.118. The van der Waals surface area contributed by atoms with E-state index in [1.807, 2.05) is 62.4 Å². The summed E-state index contributed by atoms with van der Waals surface area (Å²) in [6, 6.07) is 19.1. The number of hydrogen-bond donors (Lipinski definition) is 1.